The van der Waals surface area contributed by atoms with Crippen LogP contribution in [0.25, 0.3) is 23.0 Å². The minimum atomic E-state index is -0.504. The number of nitrogens with one attached hydrogen (secondary N) is 1. The summed E-state index contributed by atoms with van der Waals surface area (Å²) in [6, 6.07) is 24.3. The van der Waals surface area contributed by atoms with Gasteiger partial charge in [-0.15, -0.1) is 0 Å². The van der Waals surface area contributed by atoms with E-state index in [-0.39, 0.29) is 5.57 Å². The maximum atomic E-state index is 12.8. The zero-order valence-electron chi connectivity index (χ0n) is 16.2. The van der Waals surface area contributed by atoms with Crippen LogP contribution in [0.1, 0.15) is 5.69 Å². The molecule has 2 heterocycles. The quantitative estimate of drug-likeness (QED) is 0.398. The van der Waals surface area contributed by atoms with E-state index in [9.17, 15) is 10.1 Å². The summed E-state index contributed by atoms with van der Waals surface area (Å²) < 4.78 is 7.04. The molecule has 2 aromatic carbocycles. The van der Waals surface area contributed by atoms with Gasteiger partial charge >= 0.3 is 0 Å². The van der Waals surface area contributed by atoms with Gasteiger partial charge in [0, 0.05) is 23.5 Å². The minimum Gasteiger partial charge on any atom is -0.497 e. The van der Waals surface area contributed by atoms with E-state index >= 15 is 0 Å². The van der Waals surface area contributed by atoms with Crippen molar-refractivity contribution in [2.45, 2.75) is 0 Å². The third-order valence-electron chi connectivity index (χ3n) is 4.59. The van der Waals surface area contributed by atoms with E-state index in [1.807, 2.05) is 65.2 Å². The lowest BCUT2D eigenvalue weighted by Crippen LogP contribution is -2.13. The number of carbonyl (C=O) groups excluding carboxylic acids is 1. The highest BCUT2D eigenvalue weighted by molar-refractivity contribution is 6.10. The number of fused-ring (bicyclic) bond motifs is 1. The van der Waals surface area contributed by atoms with Crippen molar-refractivity contribution >= 4 is 23.3 Å². The minimum absolute atomic E-state index is 0.0272. The summed E-state index contributed by atoms with van der Waals surface area (Å²) in [5.41, 5.74) is 3.51. The molecule has 0 aliphatic heterocycles. The molecule has 0 fully saturated rings. The molecule has 4 rings (SSSR count). The second kappa shape index (κ2) is 8.33. The molecule has 0 radical (unpaired) electrons. The molecule has 0 unspecified atom stereocenters. The van der Waals surface area contributed by atoms with Crippen LogP contribution in [0.2, 0.25) is 0 Å². The van der Waals surface area contributed by atoms with Crippen LogP contribution in [0.4, 0.5) is 5.69 Å². The van der Waals surface area contributed by atoms with Gasteiger partial charge < -0.3 is 10.1 Å². The van der Waals surface area contributed by atoms with Crippen LogP contribution in [0.15, 0.2) is 84.6 Å². The predicted molar refractivity (Wildman–Crippen MR) is 116 cm³/mol. The summed E-state index contributed by atoms with van der Waals surface area (Å²) >= 11 is 0. The predicted octanol–water partition coefficient (Wildman–Crippen LogP) is 4.56. The molecule has 0 spiro atoms. The third kappa shape index (κ3) is 3.77. The molecule has 0 saturated carbocycles. The molecule has 2 aromatic heterocycles. The summed E-state index contributed by atoms with van der Waals surface area (Å²) in [5.74, 6) is 0.110. The van der Waals surface area contributed by atoms with E-state index in [0.29, 0.717) is 22.8 Å². The highest BCUT2D eigenvalue weighted by Crippen LogP contribution is 2.26. The van der Waals surface area contributed by atoms with Crippen LogP contribution in [-0.4, -0.2) is 22.4 Å². The molecule has 0 saturated heterocycles. The number of rotatable bonds is 5. The van der Waals surface area contributed by atoms with Crippen molar-refractivity contribution in [2.24, 2.45) is 0 Å². The zero-order chi connectivity index (χ0) is 20.9. The summed E-state index contributed by atoms with van der Waals surface area (Å²) in [6.45, 7) is 0. The van der Waals surface area contributed by atoms with Crippen LogP contribution in [0.5, 0.6) is 5.75 Å². The number of aromatic nitrogens is 2. The SMILES string of the molecule is COc1cccc(NC(=O)C(C#N)=Cc2c(-c3ccccc3)nc3ccccn23)c1. The topological polar surface area (TPSA) is 79.4 Å². The second-order valence-corrected chi connectivity index (χ2v) is 6.50. The first kappa shape index (κ1) is 19.0. The van der Waals surface area contributed by atoms with Gasteiger partial charge in [-0.2, -0.15) is 5.26 Å². The largest absolute Gasteiger partial charge is 0.497 e. The normalized spacial score (nSPS) is 11.1. The van der Waals surface area contributed by atoms with Gasteiger partial charge in [0.05, 0.1) is 18.5 Å². The van der Waals surface area contributed by atoms with E-state index in [4.69, 9.17) is 9.72 Å². The lowest BCUT2D eigenvalue weighted by atomic mass is 10.1. The Kier molecular flexibility index (Phi) is 5.27. The number of pyridine rings is 1. The van der Waals surface area contributed by atoms with Gasteiger partial charge in [-0.25, -0.2) is 4.98 Å². The zero-order valence-corrected chi connectivity index (χ0v) is 16.2. The first-order chi connectivity index (χ1) is 14.7. The number of amides is 1. The lowest BCUT2D eigenvalue weighted by Gasteiger charge is -2.07. The van der Waals surface area contributed by atoms with Gasteiger partial charge in [-0.05, 0) is 30.3 Å². The van der Waals surface area contributed by atoms with Gasteiger partial charge in [-0.3, -0.25) is 9.20 Å². The van der Waals surface area contributed by atoms with Crippen molar-refractivity contribution in [3.05, 3.63) is 90.3 Å². The standard InChI is InChI=1S/C24H18N4O2/c1-30-20-11-7-10-19(15-20)26-24(29)18(16-25)14-21-23(17-8-3-2-4-9-17)27-22-12-5-6-13-28(21)22/h2-15H,1H3,(H,26,29). The molecular formula is C24H18N4O2. The van der Waals surface area contributed by atoms with Gasteiger partial charge in [0.25, 0.3) is 5.91 Å². The highest BCUT2D eigenvalue weighted by Gasteiger charge is 2.16. The first-order valence-electron chi connectivity index (χ1n) is 9.29. The molecule has 146 valence electrons. The van der Waals surface area contributed by atoms with Crippen molar-refractivity contribution in [3.8, 4) is 23.1 Å². The smallest absolute Gasteiger partial charge is 0.266 e. The van der Waals surface area contributed by atoms with Crippen molar-refractivity contribution in [2.75, 3.05) is 12.4 Å². The molecule has 6 nitrogen and oxygen atoms in total. The van der Waals surface area contributed by atoms with E-state index in [1.165, 1.54) is 0 Å². The highest BCUT2D eigenvalue weighted by atomic mass is 16.5. The molecule has 1 amide bonds. The van der Waals surface area contributed by atoms with Crippen molar-refractivity contribution in [1.82, 2.24) is 9.38 Å². The average molecular weight is 394 g/mol. The molecule has 0 aliphatic rings. The fourth-order valence-corrected chi connectivity index (χ4v) is 3.15. The Hall–Kier alpha value is -4.37. The first-order valence-corrected chi connectivity index (χ1v) is 9.29. The van der Waals surface area contributed by atoms with Crippen LogP contribution in [-0.2, 0) is 4.79 Å². The Morgan fingerprint density at radius 3 is 2.67 bits per heavy atom. The maximum absolute atomic E-state index is 12.8. The van der Waals surface area contributed by atoms with Crippen molar-refractivity contribution in [1.29, 1.82) is 5.26 Å². The Balaban J connectivity index is 1.76. The van der Waals surface area contributed by atoms with E-state index in [2.05, 4.69) is 5.32 Å². The van der Waals surface area contributed by atoms with E-state index in [0.717, 1.165) is 11.2 Å². The summed E-state index contributed by atoms with van der Waals surface area (Å²) in [6.07, 6.45) is 3.42. The van der Waals surface area contributed by atoms with Crippen LogP contribution in [0, 0.1) is 11.3 Å². The van der Waals surface area contributed by atoms with Gasteiger partial charge in [0.1, 0.15) is 23.0 Å². The molecule has 1 N–H and O–H groups in total. The van der Waals surface area contributed by atoms with Gasteiger partial charge in [-0.1, -0.05) is 42.5 Å². The Labute approximate surface area is 173 Å². The summed E-state index contributed by atoms with van der Waals surface area (Å²) in [7, 11) is 1.55. The van der Waals surface area contributed by atoms with Gasteiger partial charge in [0.15, 0.2) is 0 Å². The lowest BCUT2D eigenvalue weighted by molar-refractivity contribution is -0.112. The molecule has 0 aliphatic carbocycles. The number of imidazole rings is 1. The molecule has 0 atom stereocenters. The van der Waals surface area contributed by atoms with Crippen molar-refractivity contribution < 1.29 is 9.53 Å². The fourth-order valence-electron chi connectivity index (χ4n) is 3.15. The number of nitriles is 1. The molecular weight excluding hydrogens is 376 g/mol. The molecule has 6 heteroatoms. The van der Waals surface area contributed by atoms with E-state index in [1.54, 1.807) is 37.5 Å². The third-order valence-corrected chi connectivity index (χ3v) is 4.59. The Bertz CT molecular complexity index is 1280. The van der Waals surface area contributed by atoms with Crippen LogP contribution >= 0.6 is 0 Å². The second-order valence-electron chi connectivity index (χ2n) is 6.50. The number of anilines is 1. The summed E-state index contributed by atoms with van der Waals surface area (Å²) in [5, 5.41) is 12.4. The van der Waals surface area contributed by atoms with E-state index < -0.39 is 5.91 Å². The molecule has 4 aromatic rings. The monoisotopic (exact) mass is 394 g/mol. The average Bonchev–Trinajstić information content (AvgIpc) is 3.16. The number of methoxy groups -OCH3 is 1. The molecule has 30 heavy (non-hydrogen) atoms. The number of carbonyl (C=O) groups is 1. The Morgan fingerprint density at radius 2 is 1.90 bits per heavy atom. The van der Waals surface area contributed by atoms with Crippen molar-refractivity contribution in [3.63, 3.8) is 0 Å². The number of hydrogen-bond donors (Lipinski definition) is 1. The number of hydrogen-bond acceptors (Lipinski definition) is 4. The molecule has 0 bridgehead atoms. The summed E-state index contributed by atoms with van der Waals surface area (Å²) in [4.78, 5) is 17.5. The van der Waals surface area contributed by atoms with Crippen LogP contribution < -0.4 is 10.1 Å². The van der Waals surface area contributed by atoms with Crippen LogP contribution in [0.3, 0.4) is 0 Å². The number of nitrogens with zero attached hydrogens (tertiary/aromatic N) is 3. The maximum Gasteiger partial charge on any atom is 0.266 e. The number of ether oxygens (including phenoxy) is 1. The van der Waals surface area contributed by atoms with Gasteiger partial charge in [0.2, 0.25) is 0 Å². The number of benzene rings is 2. The fraction of sp³-hybridized carbons (Fsp3) is 0.0417. The Morgan fingerprint density at radius 1 is 1.10 bits per heavy atom.